The molecule has 0 saturated carbocycles. The van der Waals surface area contributed by atoms with E-state index in [0.29, 0.717) is 5.56 Å². The first-order chi connectivity index (χ1) is 10.5. The second-order valence-corrected chi connectivity index (χ2v) is 4.25. The van der Waals surface area contributed by atoms with E-state index in [9.17, 15) is 20.0 Å². The summed E-state index contributed by atoms with van der Waals surface area (Å²) in [4.78, 5) is 21.7. The number of amides is 1. The lowest BCUT2D eigenvalue weighted by molar-refractivity contribution is -0.384. The summed E-state index contributed by atoms with van der Waals surface area (Å²) in [5.74, 6) is -1.19. The molecular formula is C14H11N3O5. The minimum Gasteiger partial charge on any atom is -0.508 e. The van der Waals surface area contributed by atoms with Gasteiger partial charge in [0.05, 0.1) is 16.7 Å². The first-order valence-corrected chi connectivity index (χ1v) is 6.07. The number of nitrogens with one attached hydrogen (secondary N) is 1. The Kier molecular flexibility index (Phi) is 4.33. The molecule has 8 nitrogen and oxygen atoms in total. The lowest BCUT2D eigenvalue weighted by atomic mass is 10.2. The molecule has 0 aromatic heterocycles. The molecule has 3 N–H and O–H groups in total. The first kappa shape index (κ1) is 15.0. The van der Waals surface area contributed by atoms with Crippen LogP contribution < -0.4 is 5.43 Å². The average Bonchev–Trinajstić information content (AvgIpc) is 2.47. The van der Waals surface area contributed by atoms with E-state index in [1.807, 2.05) is 0 Å². The Bertz CT molecular complexity index is 741. The topological polar surface area (TPSA) is 125 Å². The monoisotopic (exact) mass is 301 g/mol. The van der Waals surface area contributed by atoms with Crippen LogP contribution in [0.3, 0.4) is 0 Å². The molecule has 0 radical (unpaired) electrons. The zero-order valence-corrected chi connectivity index (χ0v) is 11.1. The number of aromatic hydroxyl groups is 2. The zero-order chi connectivity index (χ0) is 16.1. The Balaban J connectivity index is 2.02. The predicted molar refractivity (Wildman–Crippen MR) is 77.9 cm³/mol. The number of non-ortho nitro benzene ring substituents is 1. The number of nitro benzene ring substituents is 1. The Morgan fingerprint density at radius 2 is 1.86 bits per heavy atom. The van der Waals surface area contributed by atoms with E-state index >= 15 is 0 Å². The highest BCUT2D eigenvalue weighted by Crippen LogP contribution is 2.22. The van der Waals surface area contributed by atoms with Crippen LogP contribution in [0.2, 0.25) is 0 Å². The second-order valence-electron chi connectivity index (χ2n) is 4.25. The van der Waals surface area contributed by atoms with E-state index in [2.05, 4.69) is 10.5 Å². The van der Waals surface area contributed by atoms with Crippen LogP contribution in [0.4, 0.5) is 5.69 Å². The van der Waals surface area contributed by atoms with Gasteiger partial charge in [-0.3, -0.25) is 14.9 Å². The summed E-state index contributed by atoms with van der Waals surface area (Å²) in [6, 6.07) is 9.13. The van der Waals surface area contributed by atoms with Gasteiger partial charge in [0.25, 0.3) is 11.6 Å². The molecule has 0 spiro atoms. The molecule has 0 heterocycles. The summed E-state index contributed by atoms with van der Waals surface area (Å²) < 4.78 is 0. The fraction of sp³-hybridized carbons (Fsp3) is 0. The highest BCUT2D eigenvalue weighted by Gasteiger charge is 2.10. The maximum atomic E-state index is 11.8. The highest BCUT2D eigenvalue weighted by atomic mass is 16.6. The molecule has 112 valence electrons. The molecule has 22 heavy (non-hydrogen) atoms. The van der Waals surface area contributed by atoms with Crippen LogP contribution in [0.25, 0.3) is 0 Å². The van der Waals surface area contributed by atoms with Gasteiger partial charge in [-0.25, -0.2) is 5.43 Å². The Hall–Kier alpha value is -3.42. The summed E-state index contributed by atoms with van der Waals surface area (Å²) in [6.45, 7) is 0. The molecule has 0 atom stereocenters. The highest BCUT2D eigenvalue weighted by molar-refractivity contribution is 5.97. The number of nitro groups is 1. The van der Waals surface area contributed by atoms with Gasteiger partial charge in [-0.2, -0.15) is 5.10 Å². The molecular weight excluding hydrogens is 290 g/mol. The summed E-state index contributed by atoms with van der Waals surface area (Å²) >= 11 is 0. The smallest absolute Gasteiger partial charge is 0.275 e. The van der Waals surface area contributed by atoms with E-state index in [1.54, 1.807) is 0 Å². The molecule has 0 bridgehead atoms. The third kappa shape index (κ3) is 3.57. The van der Waals surface area contributed by atoms with Gasteiger partial charge in [-0.1, -0.05) is 0 Å². The fourth-order valence-corrected chi connectivity index (χ4v) is 1.62. The number of hydrazone groups is 1. The molecule has 8 heteroatoms. The van der Waals surface area contributed by atoms with Crippen molar-refractivity contribution in [3.05, 3.63) is 63.7 Å². The van der Waals surface area contributed by atoms with Crippen LogP contribution in [0, 0.1) is 10.1 Å². The molecule has 0 saturated heterocycles. The van der Waals surface area contributed by atoms with Gasteiger partial charge in [0, 0.05) is 18.2 Å². The van der Waals surface area contributed by atoms with Gasteiger partial charge in [0.2, 0.25) is 0 Å². The average molecular weight is 301 g/mol. The summed E-state index contributed by atoms with van der Waals surface area (Å²) in [5, 5.41) is 32.9. The zero-order valence-electron chi connectivity index (χ0n) is 11.1. The van der Waals surface area contributed by atoms with E-state index in [-0.39, 0.29) is 22.7 Å². The number of hydrogen-bond acceptors (Lipinski definition) is 6. The van der Waals surface area contributed by atoms with Crippen LogP contribution in [-0.2, 0) is 0 Å². The van der Waals surface area contributed by atoms with Crippen molar-refractivity contribution in [2.45, 2.75) is 0 Å². The van der Waals surface area contributed by atoms with Crippen molar-refractivity contribution in [3.8, 4) is 11.5 Å². The van der Waals surface area contributed by atoms with Gasteiger partial charge in [0.1, 0.15) is 11.5 Å². The van der Waals surface area contributed by atoms with Gasteiger partial charge in [-0.15, -0.1) is 0 Å². The van der Waals surface area contributed by atoms with Gasteiger partial charge >= 0.3 is 0 Å². The largest absolute Gasteiger partial charge is 0.508 e. The van der Waals surface area contributed by atoms with Gasteiger partial charge in [0.15, 0.2) is 0 Å². The number of nitrogens with zero attached hydrogens (tertiary/aromatic N) is 2. The molecule has 1 amide bonds. The maximum Gasteiger partial charge on any atom is 0.275 e. The van der Waals surface area contributed by atoms with E-state index in [0.717, 1.165) is 6.07 Å². The predicted octanol–water partition coefficient (Wildman–Crippen LogP) is 1.77. The van der Waals surface area contributed by atoms with Crippen LogP contribution in [-0.4, -0.2) is 27.3 Å². The quantitative estimate of drug-likeness (QED) is 0.451. The minimum absolute atomic E-state index is 0.0429. The van der Waals surface area contributed by atoms with Crippen LogP contribution in [0.1, 0.15) is 15.9 Å². The Morgan fingerprint density at radius 1 is 1.18 bits per heavy atom. The van der Waals surface area contributed by atoms with Crippen LogP contribution in [0.15, 0.2) is 47.6 Å². The summed E-state index contributed by atoms with van der Waals surface area (Å²) in [5.41, 5.74) is 2.67. The van der Waals surface area contributed by atoms with Crippen molar-refractivity contribution in [3.63, 3.8) is 0 Å². The maximum absolute atomic E-state index is 11.8. The third-order valence-electron chi connectivity index (χ3n) is 2.71. The molecule has 0 unspecified atom stereocenters. The summed E-state index contributed by atoms with van der Waals surface area (Å²) in [6.07, 6.45) is 1.30. The molecule has 0 aliphatic carbocycles. The lowest BCUT2D eigenvalue weighted by Gasteiger charge is -2.03. The van der Waals surface area contributed by atoms with E-state index < -0.39 is 10.8 Å². The molecule has 0 aliphatic rings. The number of benzene rings is 2. The number of phenolic OH excluding ortho intramolecular Hbond substituents is 2. The van der Waals surface area contributed by atoms with Crippen molar-refractivity contribution in [1.29, 1.82) is 0 Å². The second kappa shape index (κ2) is 6.35. The number of rotatable bonds is 4. The first-order valence-electron chi connectivity index (χ1n) is 6.07. The SMILES string of the molecule is O=C(N/N=C\c1ccc([N+](=O)[O-])cc1)c1ccc(O)cc1O. The van der Waals surface area contributed by atoms with Crippen LogP contribution >= 0.6 is 0 Å². The number of carbonyl (C=O) groups excluding carboxylic acids is 1. The molecule has 2 aromatic carbocycles. The Morgan fingerprint density at radius 3 is 2.45 bits per heavy atom. The lowest BCUT2D eigenvalue weighted by Crippen LogP contribution is -2.17. The molecule has 2 rings (SSSR count). The van der Waals surface area contributed by atoms with Crippen molar-refractivity contribution in [2.75, 3.05) is 0 Å². The van der Waals surface area contributed by atoms with Crippen molar-refractivity contribution < 1.29 is 19.9 Å². The van der Waals surface area contributed by atoms with Crippen LogP contribution in [0.5, 0.6) is 11.5 Å². The standard InChI is InChI=1S/C14H11N3O5/c18-11-5-6-12(13(19)7-11)14(20)16-15-8-9-1-3-10(4-2-9)17(21)22/h1-8,18-19H,(H,16,20)/b15-8-. The number of phenols is 2. The Labute approximate surface area is 124 Å². The van der Waals surface area contributed by atoms with E-state index in [4.69, 9.17) is 5.11 Å². The summed E-state index contributed by atoms with van der Waals surface area (Å²) in [7, 11) is 0. The normalized spacial score (nSPS) is 10.5. The molecule has 2 aromatic rings. The fourth-order valence-electron chi connectivity index (χ4n) is 1.62. The minimum atomic E-state index is -0.657. The van der Waals surface area contributed by atoms with Crippen molar-refractivity contribution in [2.24, 2.45) is 5.10 Å². The van der Waals surface area contributed by atoms with E-state index in [1.165, 1.54) is 42.6 Å². The molecule has 0 aliphatic heterocycles. The van der Waals surface area contributed by atoms with Crippen molar-refractivity contribution in [1.82, 2.24) is 5.43 Å². The van der Waals surface area contributed by atoms with Crippen molar-refractivity contribution >= 4 is 17.8 Å². The third-order valence-corrected chi connectivity index (χ3v) is 2.71. The van der Waals surface area contributed by atoms with Gasteiger partial charge in [-0.05, 0) is 29.8 Å². The number of carbonyl (C=O) groups is 1. The van der Waals surface area contributed by atoms with Gasteiger partial charge < -0.3 is 10.2 Å². The number of hydrogen-bond donors (Lipinski definition) is 3. The molecule has 0 fully saturated rings.